The van der Waals surface area contributed by atoms with Crippen molar-refractivity contribution in [2.45, 2.75) is 39.8 Å². The number of aromatic nitrogens is 7. The van der Waals surface area contributed by atoms with E-state index in [1.807, 2.05) is 13.0 Å². The average Bonchev–Trinajstić information content (AvgIpc) is 3.35. The van der Waals surface area contributed by atoms with Gasteiger partial charge in [-0.25, -0.2) is 29.7 Å². The van der Waals surface area contributed by atoms with Crippen LogP contribution in [0.4, 0.5) is 15.1 Å². The van der Waals surface area contributed by atoms with E-state index in [0.717, 1.165) is 16.5 Å². The maximum Gasteiger partial charge on any atom is 0.435 e. The molecule has 0 radical (unpaired) electrons. The Morgan fingerprint density at radius 3 is 2.67 bits per heavy atom. The van der Waals surface area contributed by atoms with Gasteiger partial charge in [0.2, 0.25) is 11.9 Å². The maximum atomic E-state index is 14.0. The number of carbonyl (C=O) groups excluding carboxylic acids is 1. The zero-order chi connectivity index (χ0) is 28.3. The van der Waals surface area contributed by atoms with Crippen molar-refractivity contribution in [2.24, 2.45) is 0 Å². The molecule has 4 aromatic heterocycles. The van der Waals surface area contributed by atoms with E-state index in [0.29, 0.717) is 34.2 Å². The molecule has 0 atom stereocenters. The summed E-state index contributed by atoms with van der Waals surface area (Å²) in [5.74, 6) is 6.26. The van der Waals surface area contributed by atoms with Gasteiger partial charge < -0.3 is 10.1 Å². The Morgan fingerprint density at radius 1 is 1.02 bits per heavy atom. The number of benzene rings is 1. The fraction of sp³-hybridized carbons (Fsp3) is 0.207. The lowest BCUT2D eigenvalue weighted by Crippen LogP contribution is -2.27. The first-order chi connectivity index (χ1) is 19.1. The van der Waals surface area contributed by atoms with Gasteiger partial charge in [-0.2, -0.15) is 14.2 Å². The Bertz CT molecular complexity index is 1780. The number of aryl methyl sites for hydroxylation is 1. The van der Waals surface area contributed by atoms with Gasteiger partial charge >= 0.3 is 6.09 Å². The van der Waals surface area contributed by atoms with Crippen LogP contribution in [0.2, 0.25) is 0 Å². The molecule has 0 bridgehead atoms. The van der Waals surface area contributed by atoms with E-state index >= 15 is 0 Å². The maximum absolute atomic E-state index is 14.0. The Morgan fingerprint density at radius 2 is 1.85 bits per heavy atom. The average molecular weight is 537 g/mol. The number of fused-ring (bicyclic) bond motifs is 1. The number of nitrogens with one attached hydrogen (secondary N) is 1. The summed E-state index contributed by atoms with van der Waals surface area (Å²) >= 11 is 0. The topological polar surface area (TPSA) is 121 Å². The molecule has 5 aromatic rings. The molecule has 0 aliphatic carbocycles. The first-order valence-electron chi connectivity index (χ1n) is 12.4. The Balaban J connectivity index is 1.32. The normalized spacial score (nSPS) is 11.1. The van der Waals surface area contributed by atoms with Crippen molar-refractivity contribution in [1.82, 2.24) is 34.7 Å². The molecule has 0 fully saturated rings. The minimum atomic E-state index is -0.625. The van der Waals surface area contributed by atoms with Crippen molar-refractivity contribution >= 4 is 22.9 Å². The van der Waals surface area contributed by atoms with Crippen molar-refractivity contribution < 1.29 is 13.9 Å². The molecular formula is C29H25FN8O2. The number of carbonyl (C=O) groups is 1. The minimum Gasteiger partial charge on any atom is -0.442 e. The van der Waals surface area contributed by atoms with Gasteiger partial charge in [-0.05, 0) is 75.6 Å². The van der Waals surface area contributed by atoms with Gasteiger partial charge in [0.05, 0.1) is 11.7 Å². The number of hydrogen-bond acceptors (Lipinski definition) is 9. The molecule has 0 saturated carbocycles. The molecule has 0 amide bonds. The fourth-order valence-corrected chi connectivity index (χ4v) is 3.73. The number of hydrogen-bond donors (Lipinski definition) is 1. The van der Waals surface area contributed by atoms with Crippen LogP contribution in [-0.2, 0) is 11.3 Å². The summed E-state index contributed by atoms with van der Waals surface area (Å²) in [5.41, 5.74) is 2.98. The van der Waals surface area contributed by atoms with Gasteiger partial charge in [-0.1, -0.05) is 5.92 Å². The standard InChI is InChI=1S/C29H25FN8O2/c1-18-13-21(25(30)33-15-18)16-34-27-32-12-10-23(37-27)26-31-11-9-22(36-26)7-5-19-6-8-24-20(14-19)17-35-38(24)28(39)40-29(2,3)4/h6,8-15,17H,16H2,1-4H3,(H,32,34,37). The summed E-state index contributed by atoms with van der Waals surface area (Å²) in [6.07, 6.45) is 5.70. The van der Waals surface area contributed by atoms with Crippen molar-refractivity contribution in [3.63, 3.8) is 0 Å². The largest absolute Gasteiger partial charge is 0.442 e. The predicted octanol–water partition coefficient (Wildman–Crippen LogP) is 4.92. The Hall–Kier alpha value is -5.24. The van der Waals surface area contributed by atoms with Crippen LogP contribution in [0.1, 0.15) is 43.2 Å². The number of nitrogens with zero attached hydrogens (tertiary/aromatic N) is 7. The summed E-state index contributed by atoms with van der Waals surface area (Å²) in [6.45, 7) is 7.43. The minimum absolute atomic E-state index is 0.178. The predicted molar refractivity (Wildman–Crippen MR) is 147 cm³/mol. The molecule has 200 valence electrons. The molecule has 0 spiro atoms. The Kier molecular flexibility index (Phi) is 7.16. The fourth-order valence-electron chi connectivity index (χ4n) is 3.73. The molecule has 5 rings (SSSR count). The van der Waals surface area contributed by atoms with Crippen molar-refractivity contribution in [3.8, 4) is 23.4 Å². The first-order valence-corrected chi connectivity index (χ1v) is 12.4. The van der Waals surface area contributed by atoms with Crippen LogP contribution in [0, 0.1) is 24.7 Å². The zero-order valence-electron chi connectivity index (χ0n) is 22.3. The highest BCUT2D eigenvalue weighted by Crippen LogP contribution is 2.18. The third kappa shape index (κ3) is 6.24. The summed E-state index contributed by atoms with van der Waals surface area (Å²) in [7, 11) is 0. The number of ether oxygens (including phenoxy) is 1. The monoisotopic (exact) mass is 536 g/mol. The summed E-state index contributed by atoms with van der Waals surface area (Å²) in [6, 6.07) is 10.5. The lowest BCUT2D eigenvalue weighted by Gasteiger charge is -2.19. The van der Waals surface area contributed by atoms with Crippen LogP contribution >= 0.6 is 0 Å². The molecule has 1 aromatic carbocycles. The van der Waals surface area contributed by atoms with E-state index < -0.39 is 17.6 Å². The van der Waals surface area contributed by atoms with Crippen molar-refractivity contribution in [3.05, 3.63) is 89.5 Å². The molecule has 0 saturated heterocycles. The molecule has 1 N–H and O–H groups in total. The number of pyridine rings is 1. The first kappa shape index (κ1) is 26.4. The zero-order valence-corrected chi connectivity index (χ0v) is 22.3. The van der Waals surface area contributed by atoms with Gasteiger partial charge in [0, 0.05) is 41.6 Å². The van der Waals surface area contributed by atoms with E-state index in [1.54, 1.807) is 69.7 Å². The highest BCUT2D eigenvalue weighted by atomic mass is 19.1. The van der Waals surface area contributed by atoms with Gasteiger partial charge in [0.25, 0.3) is 0 Å². The summed E-state index contributed by atoms with van der Waals surface area (Å²) < 4.78 is 20.6. The van der Waals surface area contributed by atoms with Crippen LogP contribution < -0.4 is 5.32 Å². The van der Waals surface area contributed by atoms with Gasteiger partial charge in [0.15, 0.2) is 5.82 Å². The van der Waals surface area contributed by atoms with E-state index in [1.165, 1.54) is 10.9 Å². The molecule has 0 aliphatic heterocycles. The lowest BCUT2D eigenvalue weighted by molar-refractivity contribution is 0.0522. The van der Waals surface area contributed by atoms with E-state index in [4.69, 9.17) is 4.74 Å². The second-order valence-electron chi connectivity index (χ2n) is 9.91. The Labute approximate surface area is 229 Å². The van der Waals surface area contributed by atoms with Crippen LogP contribution in [0.15, 0.2) is 61.2 Å². The highest BCUT2D eigenvalue weighted by molar-refractivity contribution is 5.88. The summed E-state index contributed by atoms with van der Waals surface area (Å²) in [5, 5.41) is 7.93. The van der Waals surface area contributed by atoms with Gasteiger partial charge in [-0.3, -0.25) is 0 Å². The van der Waals surface area contributed by atoms with Crippen LogP contribution in [0.25, 0.3) is 22.4 Å². The summed E-state index contributed by atoms with van der Waals surface area (Å²) in [4.78, 5) is 33.7. The number of halogens is 1. The molecule has 4 heterocycles. The molecule has 11 heteroatoms. The lowest BCUT2D eigenvalue weighted by atomic mass is 10.1. The quantitative estimate of drug-likeness (QED) is 0.252. The van der Waals surface area contributed by atoms with Crippen LogP contribution in [-0.4, -0.2) is 46.4 Å². The van der Waals surface area contributed by atoms with E-state index in [2.05, 4.69) is 47.2 Å². The number of anilines is 1. The number of rotatable bonds is 4. The third-order valence-electron chi connectivity index (χ3n) is 5.49. The van der Waals surface area contributed by atoms with Crippen molar-refractivity contribution in [2.75, 3.05) is 5.32 Å². The molecule has 40 heavy (non-hydrogen) atoms. The SMILES string of the molecule is Cc1cnc(F)c(CNc2nccc(-c3nccc(C#Cc4ccc5c(cnn5C(=O)OC(C)(C)C)c4)n3)n2)c1. The second-order valence-corrected chi connectivity index (χ2v) is 9.91. The molecular weight excluding hydrogens is 511 g/mol. The third-order valence-corrected chi connectivity index (χ3v) is 5.49. The second kappa shape index (κ2) is 10.9. The smallest absolute Gasteiger partial charge is 0.435 e. The molecule has 0 aliphatic rings. The van der Waals surface area contributed by atoms with Crippen molar-refractivity contribution in [1.29, 1.82) is 0 Å². The van der Waals surface area contributed by atoms with Gasteiger partial charge in [0.1, 0.15) is 17.0 Å². The molecule has 10 nitrogen and oxygen atoms in total. The van der Waals surface area contributed by atoms with E-state index in [-0.39, 0.29) is 6.54 Å². The van der Waals surface area contributed by atoms with Crippen LogP contribution in [0.3, 0.4) is 0 Å². The van der Waals surface area contributed by atoms with Crippen LogP contribution in [0.5, 0.6) is 0 Å². The van der Waals surface area contributed by atoms with Gasteiger partial charge in [-0.15, -0.1) is 0 Å². The highest BCUT2D eigenvalue weighted by Gasteiger charge is 2.20. The molecule has 0 unspecified atom stereocenters. The van der Waals surface area contributed by atoms with E-state index in [9.17, 15) is 9.18 Å².